The summed E-state index contributed by atoms with van der Waals surface area (Å²) in [7, 11) is 0. The second-order valence-corrected chi connectivity index (χ2v) is 5.75. The molecule has 22 heavy (non-hydrogen) atoms. The number of anilines is 1. The number of hydrogen-bond acceptors (Lipinski definition) is 2. The summed E-state index contributed by atoms with van der Waals surface area (Å²) in [5.74, 6) is 1.75. The first-order chi connectivity index (χ1) is 10.8. The van der Waals surface area contributed by atoms with Crippen molar-refractivity contribution in [3.63, 3.8) is 0 Å². The highest BCUT2D eigenvalue weighted by atomic mass is 16.5. The zero-order chi connectivity index (χ0) is 15.2. The number of hydrogen-bond donors (Lipinski definition) is 1. The van der Waals surface area contributed by atoms with Crippen molar-refractivity contribution in [3.05, 3.63) is 59.7 Å². The van der Waals surface area contributed by atoms with E-state index in [1.165, 1.54) is 24.0 Å². The monoisotopic (exact) mass is 295 g/mol. The van der Waals surface area contributed by atoms with E-state index in [2.05, 4.69) is 29.6 Å². The van der Waals surface area contributed by atoms with Crippen LogP contribution in [0.4, 0.5) is 5.69 Å². The van der Waals surface area contributed by atoms with Gasteiger partial charge in [0.2, 0.25) is 6.41 Å². The quantitative estimate of drug-likeness (QED) is 0.587. The molecule has 1 aliphatic carbocycles. The smallest absolute Gasteiger partial charge is 0.211 e. The lowest BCUT2D eigenvalue weighted by atomic mass is 10.1. The first-order valence-corrected chi connectivity index (χ1v) is 7.87. The van der Waals surface area contributed by atoms with E-state index in [4.69, 9.17) is 4.74 Å². The second kappa shape index (κ2) is 7.12. The van der Waals surface area contributed by atoms with Gasteiger partial charge in [0.15, 0.2) is 0 Å². The zero-order valence-electron chi connectivity index (χ0n) is 12.6. The van der Waals surface area contributed by atoms with Crippen LogP contribution in [0.1, 0.15) is 36.3 Å². The van der Waals surface area contributed by atoms with Crippen LogP contribution in [0, 0.1) is 0 Å². The van der Waals surface area contributed by atoms with E-state index in [-0.39, 0.29) is 0 Å². The van der Waals surface area contributed by atoms with Gasteiger partial charge in [0.05, 0.1) is 6.61 Å². The molecule has 3 heteroatoms. The predicted octanol–water partition coefficient (Wildman–Crippen LogP) is 4.14. The summed E-state index contributed by atoms with van der Waals surface area (Å²) < 4.78 is 5.79. The Morgan fingerprint density at radius 3 is 2.41 bits per heavy atom. The van der Waals surface area contributed by atoms with Crippen molar-refractivity contribution in [2.24, 2.45) is 0 Å². The Morgan fingerprint density at radius 1 is 1.05 bits per heavy atom. The van der Waals surface area contributed by atoms with Gasteiger partial charge in [-0.25, -0.2) is 0 Å². The molecule has 3 nitrogen and oxygen atoms in total. The van der Waals surface area contributed by atoms with Crippen molar-refractivity contribution in [2.75, 3.05) is 11.9 Å². The molecule has 0 radical (unpaired) electrons. The van der Waals surface area contributed by atoms with E-state index in [0.29, 0.717) is 6.41 Å². The minimum absolute atomic E-state index is 0.692. The molecule has 1 saturated carbocycles. The molecule has 0 aliphatic heterocycles. The number of aryl methyl sites for hydroxylation is 1. The number of rotatable bonds is 8. The van der Waals surface area contributed by atoms with Gasteiger partial charge in [-0.15, -0.1) is 0 Å². The van der Waals surface area contributed by atoms with Gasteiger partial charge in [0, 0.05) is 5.69 Å². The maximum absolute atomic E-state index is 10.3. The molecule has 1 fully saturated rings. The molecule has 2 aromatic rings. The van der Waals surface area contributed by atoms with Gasteiger partial charge in [0.1, 0.15) is 5.75 Å². The van der Waals surface area contributed by atoms with Crippen molar-refractivity contribution in [2.45, 2.75) is 31.6 Å². The van der Waals surface area contributed by atoms with Crippen LogP contribution in [0.25, 0.3) is 0 Å². The largest absolute Gasteiger partial charge is 0.494 e. The summed E-state index contributed by atoms with van der Waals surface area (Å²) in [4.78, 5) is 10.3. The number of nitrogens with one attached hydrogen (secondary N) is 1. The van der Waals surface area contributed by atoms with Gasteiger partial charge in [-0.05, 0) is 67.0 Å². The Bertz CT molecular complexity index is 600. The number of ether oxygens (including phenoxy) is 1. The molecule has 0 unspecified atom stereocenters. The fourth-order valence-electron chi connectivity index (χ4n) is 2.55. The molecule has 0 bridgehead atoms. The number of carbonyl (C=O) groups is 1. The van der Waals surface area contributed by atoms with E-state index in [1.54, 1.807) is 0 Å². The average molecular weight is 295 g/mol. The molecule has 0 atom stereocenters. The second-order valence-electron chi connectivity index (χ2n) is 5.75. The fourth-order valence-corrected chi connectivity index (χ4v) is 2.55. The van der Waals surface area contributed by atoms with E-state index in [1.807, 2.05) is 24.3 Å². The van der Waals surface area contributed by atoms with Crippen LogP contribution in [-0.2, 0) is 11.2 Å². The molecule has 0 heterocycles. The van der Waals surface area contributed by atoms with Gasteiger partial charge >= 0.3 is 0 Å². The van der Waals surface area contributed by atoms with Crippen LogP contribution in [0.5, 0.6) is 5.75 Å². The van der Waals surface area contributed by atoms with Crippen molar-refractivity contribution in [1.82, 2.24) is 0 Å². The van der Waals surface area contributed by atoms with Crippen molar-refractivity contribution in [3.8, 4) is 5.75 Å². The Hall–Kier alpha value is -2.29. The van der Waals surface area contributed by atoms with E-state index >= 15 is 0 Å². The molecule has 1 N–H and O–H groups in total. The zero-order valence-corrected chi connectivity index (χ0v) is 12.6. The number of carbonyl (C=O) groups excluding carboxylic acids is 1. The van der Waals surface area contributed by atoms with Crippen molar-refractivity contribution < 1.29 is 9.53 Å². The third kappa shape index (κ3) is 4.10. The summed E-state index contributed by atoms with van der Waals surface area (Å²) in [5.41, 5.74) is 3.52. The van der Waals surface area contributed by atoms with Crippen molar-refractivity contribution in [1.29, 1.82) is 0 Å². The SMILES string of the molecule is O=CNc1ccc(CCCOc2ccc(C3CC3)cc2)cc1. The van der Waals surface area contributed by atoms with E-state index < -0.39 is 0 Å². The lowest BCUT2D eigenvalue weighted by molar-refractivity contribution is -0.105. The highest BCUT2D eigenvalue weighted by molar-refractivity contribution is 5.71. The standard InChI is InChI=1S/C19H21NO2/c21-14-20-18-9-3-15(4-10-18)2-1-13-22-19-11-7-17(8-12-19)16-5-6-16/h3-4,7-12,14,16H,1-2,5-6,13H2,(H,20,21). The number of amides is 1. The highest BCUT2D eigenvalue weighted by Gasteiger charge is 2.22. The Balaban J connectivity index is 1.40. The van der Waals surface area contributed by atoms with Crippen LogP contribution < -0.4 is 10.1 Å². The van der Waals surface area contributed by atoms with Gasteiger partial charge in [-0.2, -0.15) is 0 Å². The van der Waals surface area contributed by atoms with Crippen molar-refractivity contribution >= 4 is 12.1 Å². The summed E-state index contributed by atoms with van der Waals surface area (Å²) in [6.45, 7) is 0.719. The van der Waals surface area contributed by atoms with Gasteiger partial charge in [0.25, 0.3) is 0 Å². The average Bonchev–Trinajstić information content (AvgIpc) is 3.39. The molecule has 0 saturated heterocycles. The first-order valence-electron chi connectivity index (χ1n) is 7.87. The third-order valence-electron chi connectivity index (χ3n) is 3.99. The molecule has 3 rings (SSSR count). The lowest BCUT2D eigenvalue weighted by Gasteiger charge is -2.07. The van der Waals surface area contributed by atoms with Crippen LogP contribution in [-0.4, -0.2) is 13.0 Å². The van der Waals surface area contributed by atoms with Crippen LogP contribution in [0.2, 0.25) is 0 Å². The van der Waals surface area contributed by atoms with Gasteiger partial charge < -0.3 is 10.1 Å². The normalized spacial score (nSPS) is 13.6. The summed E-state index contributed by atoms with van der Waals surface area (Å²) in [5, 5.41) is 2.64. The minimum Gasteiger partial charge on any atom is -0.494 e. The Morgan fingerprint density at radius 2 is 1.77 bits per heavy atom. The van der Waals surface area contributed by atoms with Gasteiger partial charge in [-0.3, -0.25) is 4.79 Å². The molecule has 0 aromatic heterocycles. The van der Waals surface area contributed by atoms with E-state index in [9.17, 15) is 4.79 Å². The first kappa shape index (κ1) is 14.6. The molecular formula is C19H21NO2. The molecule has 114 valence electrons. The molecule has 0 spiro atoms. The lowest BCUT2D eigenvalue weighted by Crippen LogP contribution is -2.00. The minimum atomic E-state index is 0.692. The van der Waals surface area contributed by atoms with E-state index in [0.717, 1.165) is 36.8 Å². The third-order valence-corrected chi connectivity index (χ3v) is 3.99. The maximum atomic E-state index is 10.3. The summed E-state index contributed by atoms with van der Waals surface area (Å²) >= 11 is 0. The van der Waals surface area contributed by atoms with Crippen LogP contribution in [0.3, 0.4) is 0 Å². The Labute approximate surface area is 131 Å². The van der Waals surface area contributed by atoms with Crippen LogP contribution in [0.15, 0.2) is 48.5 Å². The molecular weight excluding hydrogens is 274 g/mol. The summed E-state index contributed by atoms with van der Waals surface area (Å²) in [6, 6.07) is 16.4. The fraction of sp³-hybridized carbons (Fsp3) is 0.316. The topological polar surface area (TPSA) is 38.3 Å². The van der Waals surface area contributed by atoms with Gasteiger partial charge in [-0.1, -0.05) is 24.3 Å². The van der Waals surface area contributed by atoms with Crippen LogP contribution >= 0.6 is 0 Å². The molecule has 2 aromatic carbocycles. The Kier molecular flexibility index (Phi) is 4.74. The summed E-state index contributed by atoms with van der Waals surface area (Å²) in [6.07, 6.45) is 5.31. The maximum Gasteiger partial charge on any atom is 0.211 e. The molecule has 1 aliphatic rings. The molecule has 1 amide bonds. The predicted molar refractivity (Wildman–Crippen MR) is 88.4 cm³/mol. The highest BCUT2D eigenvalue weighted by Crippen LogP contribution is 2.40. The number of benzene rings is 2.